The number of aryl methyl sites for hydroxylation is 1. The van der Waals surface area contributed by atoms with Gasteiger partial charge in [-0.05, 0) is 23.6 Å². The van der Waals surface area contributed by atoms with E-state index in [-0.39, 0.29) is 5.97 Å². The zero-order valence-electron chi connectivity index (χ0n) is 7.72. The summed E-state index contributed by atoms with van der Waals surface area (Å²) in [6, 6.07) is 5.64. The molecule has 0 N–H and O–H groups in total. The number of halogens is 2. The van der Waals surface area contributed by atoms with Crippen molar-refractivity contribution in [3.8, 4) is 0 Å². The van der Waals surface area contributed by atoms with Gasteiger partial charge in [0.2, 0.25) is 0 Å². The summed E-state index contributed by atoms with van der Waals surface area (Å²) in [5, 5.41) is 0.661. The van der Waals surface area contributed by atoms with Crippen LogP contribution in [0.2, 0.25) is 0 Å². The van der Waals surface area contributed by atoms with Gasteiger partial charge < -0.3 is 3.83 Å². The van der Waals surface area contributed by atoms with Gasteiger partial charge in [0.25, 0.3) is 0 Å². The molecule has 0 aliphatic heterocycles. The van der Waals surface area contributed by atoms with Gasteiger partial charge in [-0.3, -0.25) is 0 Å². The maximum atomic E-state index is 11.4. The molecule has 0 saturated carbocycles. The standard InChI is InChI=1S/C10H10Br2O2/c1-2-7-4-3-5-8(9(7)6-11)10(13)14-12/h3-5H,2,6H2,1H3. The maximum Gasteiger partial charge on any atom is 0.349 e. The van der Waals surface area contributed by atoms with Gasteiger partial charge in [0.1, 0.15) is 0 Å². The normalized spacial score (nSPS) is 9.93. The minimum atomic E-state index is -0.352. The highest BCUT2D eigenvalue weighted by Crippen LogP contribution is 2.20. The third-order valence-electron chi connectivity index (χ3n) is 2.08. The first kappa shape index (κ1) is 11.7. The number of benzene rings is 1. The lowest BCUT2D eigenvalue weighted by Crippen LogP contribution is -2.04. The molecule has 0 saturated heterocycles. The van der Waals surface area contributed by atoms with Crippen molar-refractivity contribution in [2.45, 2.75) is 18.7 Å². The van der Waals surface area contributed by atoms with Gasteiger partial charge in [-0.1, -0.05) is 35.0 Å². The minimum absolute atomic E-state index is 0.352. The molecule has 1 aromatic rings. The zero-order valence-corrected chi connectivity index (χ0v) is 10.9. The molecule has 0 unspecified atom stereocenters. The van der Waals surface area contributed by atoms with Crippen molar-refractivity contribution < 1.29 is 8.62 Å². The number of rotatable bonds is 3. The van der Waals surface area contributed by atoms with Crippen molar-refractivity contribution in [3.05, 3.63) is 34.9 Å². The lowest BCUT2D eigenvalue weighted by Gasteiger charge is -2.08. The zero-order chi connectivity index (χ0) is 10.6. The summed E-state index contributed by atoms with van der Waals surface area (Å²) in [6.07, 6.45) is 0.907. The summed E-state index contributed by atoms with van der Waals surface area (Å²) >= 11 is 6.07. The Balaban J connectivity index is 3.21. The van der Waals surface area contributed by atoms with Crippen LogP contribution in [0, 0.1) is 0 Å². The van der Waals surface area contributed by atoms with E-state index in [2.05, 4.69) is 42.9 Å². The number of alkyl halides is 1. The predicted octanol–water partition coefficient (Wildman–Crippen LogP) is 3.61. The Kier molecular flexibility index (Phi) is 4.62. The molecular formula is C10H10Br2O2. The topological polar surface area (TPSA) is 26.3 Å². The van der Waals surface area contributed by atoms with Crippen molar-refractivity contribution in [2.75, 3.05) is 0 Å². The summed E-state index contributed by atoms with van der Waals surface area (Å²) < 4.78 is 4.53. The fourth-order valence-electron chi connectivity index (χ4n) is 1.36. The minimum Gasteiger partial charge on any atom is -0.380 e. The van der Waals surface area contributed by atoms with E-state index in [0.29, 0.717) is 10.9 Å². The third-order valence-corrected chi connectivity index (χ3v) is 2.93. The Morgan fingerprint density at radius 3 is 2.71 bits per heavy atom. The van der Waals surface area contributed by atoms with E-state index in [4.69, 9.17) is 0 Å². The second-order valence-corrected chi connectivity index (χ2v) is 3.68. The SMILES string of the molecule is CCc1cccc(C(=O)OBr)c1CBr. The number of hydrogen-bond acceptors (Lipinski definition) is 2. The Labute approximate surface area is 100 Å². The molecule has 0 radical (unpaired) electrons. The van der Waals surface area contributed by atoms with E-state index < -0.39 is 0 Å². The van der Waals surface area contributed by atoms with E-state index in [1.165, 1.54) is 0 Å². The number of hydrogen-bond donors (Lipinski definition) is 0. The lowest BCUT2D eigenvalue weighted by atomic mass is 10.0. The first-order chi connectivity index (χ1) is 6.74. The second kappa shape index (κ2) is 5.51. The molecule has 0 heterocycles. The molecule has 1 rings (SSSR count). The van der Waals surface area contributed by atoms with E-state index in [1.807, 2.05) is 12.1 Å². The van der Waals surface area contributed by atoms with E-state index in [1.54, 1.807) is 6.07 Å². The molecule has 0 aromatic heterocycles. The summed E-state index contributed by atoms with van der Waals surface area (Å²) in [7, 11) is 0. The van der Waals surface area contributed by atoms with E-state index in [0.717, 1.165) is 17.5 Å². The number of carbonyl (C=O) groups is 1. The van der Waals surface area contributed by atoms with Crippen molar-refractivity contribution in [2.24, 2.45) is 0 Å². The smallest absolute Gasteiger partial charge is 0.349 e. The Hall–Kier alpha value is -0.350. The molecule has 0 aliphatic carbocycles. The Morgan fingerprint density at radius 1 is 1.50 bits per heavy atom. The van der Waals surface area contributed by atoms with Crippen molar-refractivity contribution in [3.63, 3.8) is 0 Å². The lowest BCUT2D eigenvalue weighted by molar-refractivity contribution is 0.0781. The molecule has 4 heteroatoms. The highest BCUT2D eigenvalue weighted by Gasteiger charge is 2.13. The van der Waals surface area contributed by atoms with Gasteiger partial charge in [0.15, 0.2) is 16.3 Å². The predicted molar refractivity (Wildman–Crippen MR) is 62.8 cm³/mol. The van der Waals surface area contributed by atoms with Gasteiger partial charge in [0, 0.05) is 5.33 Å². The average molecular weight is 322 g/mol. The third kappa shape index (κ3) is 2.36. The highest BCUT2D eigenvalue weighted by molar-refractivity contribution is 9.08. The van der Waals surface area contributed by atoms with E-state index >= 15 is 0 Å². The first-order valence-electron chi connectivity index (χ1n) is 4.24. The average Bonchev–Trinajstić information content (AvgIpc) is 2.26. The summed E-state index contributed by atoms with van der Waals surface area (Å²) in [4.78, 5) is 11.4. The van der Waals surface area contributed by atoms with Crippen LogP contribution in [0.3, 0.4) is 0 Å². The van der Waals surface area contributed by atoms with Crippen LogP contribution in [0.25, 0.3) is 0 Å². The highest BCUT2D eigenvalue weighted by atomic mass is 79.9. The molecular weight excluding hydrogens is 312 g/mol. The molecule has 0 bridgehead atoms. The van der Waals surface area contributed by atoms with Gasteiger partial charge >= 0.3 is 5.97 Å². The molecule has 1 aromatic carbocycles. The van der Waals surface area contributed by atoms with Crippen molar-refractivity contribution in [1.29, 1.82) is 0 Å². The van der Waals surface area contributed by atoms with Crippen LogP contribution >= 0.6 is 32.2 Å². The van der Waals surface area contributed by atoms with Crippen LogP contribution in [0.4, 0.5) is 0 Å². The van der Waals surface area contributed by atoms with Gasteiger partial charge in [-0.25, -0.2) is 4.79 Å². The van der Waals surface area contributed by atoms with Crippen LogP contribution in [0.1, 0.15) is 28.4 Å². The fourth-order valence-corrected chi connectivity index (χ4v) is 2.19. The van der Waals surface area contributed by atoms with Crippen LogP contribution in [0.15, 0.2) is 18.2 Å². The largest absolute Gasteiger partial charge is 0.380 e. The van der Waals surface area contributed by atoms with Crippen molar-refractivity contribution >= 4 is 38.2 Å². The summed E-state index contributed by atoms with van der Waals surface area (Å²) in [5.74, 6) is -0.352. The molecule has 14 heavy (non-hydrogen) atoms. The molecule has 0 amide bonds. The quantitative estimate of drug-likeness (QED) is 0.795. The molecule has 0 aliphatic rings. The molecule has 0 spiro atoms. The summed E-state index contributed by atoms with van der Waals surface area (Å²) in [5.41, 5.74) is 2.77. The fraction of sp³-hybridized carbons (Fsp3) is 0.300. The molecule has 0 fully saturated rings. The van der Waals surface area contributed by atoms with Crippen LogP contribution in [-0.4, -0.2) is 5.97 Å². The Morgan fingerprint density at radius 2 is 2.21 bits per heavy atom. The second-order valence-electron chi connectivity index (χ2n) is 2.80. The van der Waals surface area contributed by atoms with Crippen LogP contribution in [0.5, 0.6) is 0 Å². The van der Waals surface area contributed by atoms with Crippen LogP contribution in [-0.2, 0) is 15.6 Å². The van der Waals surface area contributed by atoms with E-state index in [9.17, 15) is 4.79 Å². The van der Waals surface area contributed by atoms with Crippen molar-refractivity contribution in [1.82, 2.24) is 0 Å². The van der Waals surface area contributed by atoms with Crippen LogP contribution < -0.4 is 0 Å². The Bertz CT molecular complexity index is 337. The van der Waals surface area contributed by atoms with Gasteiger partial charge in [-0.15, -0.1) is 0 Å². The molecule has 0 atom stereocenters. The summed E-state index contributed by atoms with van der Waals surface area (Å²) in [6.45, 7) is 2.06. The first-order valence-corrected chi connectivity index (χ1v) is 6.01. The van der Waals surface area contributed by atoms with Gasteiger partial charge in [0.05, 0.1) is 5.56 Å². The molecule has 76 valence electrons. The molecule has 2 nitrogen and oxygen atoms in total. The monoisotopic (exact) mass is 320 g/mol. The number of carbonyl (C=O) groups excluding carboxylic acids is 1. The maximum absolute atomic E-state index is 11.4. The van der Waals surface area contributed by atoms with Gasteiger partial charge in [-0.2, -0.15) is 0 Å².